The molecule has 0 saturated heterocycles. The summed E-state index contributed by atoms with van der Waals surface area (Å²) in [7, 11) is 2.03. The second-order valence-electron chi connectivity index (χ2n) is 5.58. The molecule has 0 amide bonds. The average Bonchev–Trinajstić information content (AvgIpc) is 2.95. The number of aliphatic hydroxyl groups excluding tert-OH is 1. The Morgan fingerprint density at radius 1 is 1.52 bits per heavy atom. The average molecular weight is 310 g/mol. The van der Waals surface area contributed by atoms with Gasteiger partial charge in [-0.25, -0.2) is 0 Å². The lowest BCUT2D eigenvalue weighted by molar-refractivity contribution is -0.385. The second kappa shape index (κ2) is 7.24. The van der Waals surface area contributed by atoms with Crippen molar-refractivity contribution in [3.63, 3.8) is 0 Å². The first-order chi connectivity index (χ1) is 10.0. The van der Waals surface area contributed by atoms with E-state index in [2.05, 4.69) is 11.2 Å². The van der Waals surface area contributed by atoms with Crippen molar-refractivity contribution in [2.24, 2.45) is 0 Å². The van der Waals surface area contributed by atoms with Gasteiger partial charge in [0.15, 0.2) is 0 Å². The van der Waals surface area contributed by atoms with E-state index in [4.69, 9.17) is 0 Å². The summed E-state index contributed by atoms with van der Waals surface area (Å²) in [5.41, 5.74) is 0.631. The lowest BCUT2D eigenvalue weighted by atomic mass is 10.1. The van der Waals surface area contributed by atoms with E-state index < -0.39 is 11.0 Å². The maximum absolute atomic E-state index is 10.8. The summed E-state index contributed by atoms with van der Waals surface area (Å²) in [5, 5.41) is 21.8. The first kappa shape index (κ1) is 16.3. The summed E-state index contributed by atoms with van der Waals surface area (Å²) in [4.78, 5) is 12.6. The van der Waals surface area contributed by atoms with Gasteiger partial charge in [-0.2, -0.15) is 11.8 Å². The third-order valence-corrected chi connectivity index (χ3v) is 5.37. The van der Waals surface area contributed by atoms with Crippen LogP contribution in [0, 0.1) is 10.1 Å². The van der Waals surface area contributed by atoms with E-state index in [1.165, 1.54) is 25.0 Å². The standard InChI is InChI=1S/C15H22N2O3S/c1-16(13-7-4-8-15(13)21-2)10-14(18)11-5-3-6-12(9-11)17(19)20/h3,5-6,9,13-15,18H,4,7-8,10H2,1-2H3/t13-,14-,15+/m0/s1. The smallest absolute Gasteiger partial charge is 0.269 e. The number of nitro benzene ring substituents is 1. The zero-order chi connectivity index (χ0) is 15.4. The molecule has 0 spiro atoms. The number of nitro groups is 1. The first-order valence-electron chi connectivity index (χ1n) is 7.18. The molecule has 2 rings (SSSR count). The summed E-state index contributed by atoms with van der Waals surface area (Å²) in [6, 6.07) is 6.75. The van der Waals surface area contributed by atoms with Crippen molar-refractivity contribution in [1.29, 1.82) is 0 Å². The van der Waals surface area contributed by atoms with Crippen molar-refractivity contribution < 1.29 is 10.0 Å². The fraction of sp³-hybridized carbons (Fsp3) is 0.600. The Morgan fingerprint density at radius 3 is 2.95 bits per heavy atom. The van der Waals surface area contributed by atoms with Gasteiger partial charge in [0.1, 0.15) is 0 Å². The topological polar surface area (TPSA) is 66.6 Å². The SMILES string of the molecule is CS[C@@H]1CCC[C@@H]1N(C)C[C@H](O)c1cccc([N+](=O)[O-])c1. The van der Waals surface area contributed by atoms with Gasteiger partial charge in [-0.1, -0.05) is 18.6 Å². The van der Waals surface area contributed by atoms with Crippen molar-refractivity contribution >= 4 is 17.4 Å². The van der Waals surface area contributed by atoms with Crippen molar-refractivity contribution in [3.8, 4) is 0 Å². The van der Waals surface area contributed by atoms with Gasteiger partial charge in [-0.3, -0.25) is 15.0 Å². The van der Waals surface area contributed by atoms with Crippen LogP contribution in [0.15, 0.2) is 24.3 Å². The Bertz CT molecular complexity index is 498. The van der Waals surface area contributed by atoms with Gasteiger partial charge in [-0.15, -0.1) is 0 Å². The number of likely N-dealkylation sites (N-methyl/N-ethyl adjacent to an activating group) is 1. The van der Waals surface area contributed by atoms with E-state index in [0.717, 1.165) is 6.42 Å². The van der Waals surface area contributed by atoms with Crippen molar-refractivity contribution in [3.05, 3.63) is 39.9 Å². The Morgan fingerprint density at radius 2 is 2.29 bits per heavy atom. The molecule has 5 nitrogen and oxygen atoms in total. The molecule has 0 aliphatic heterocycles. The molecule has 1 aromatic carbocycles. The Hall–Kier alpha value is -1.11. The maximum Gasteiger partial charge on any atom is 0.269 e. The molecule has 21 heavy (non-hydrogen) atoms. The minimum Gasteiger partial charge on any atom is -0.387 e. The molecular weight excluding hydrogens is 288 g/mol. The highest BCUT2D eigenvalue weighted by atomic mass is 32.2. The quantitative estimate of drug-likeness (QED) is 0.646. The monoisotopic (exact) mass is 310 g/mol. The van der Waals surface area contributed by atoms with Crippen LogP contribution in [0.3, 0.4) is 0 Å². The van der Waals surface area contributed by atoms with Gasteiger partial charge >= 0.3 is 0 Å². The predicted molar refractivity (Wildman–Crippen MR) is 85.6 cm³/mol. The van der Waals surface area contributed by atoms with Crippen molar-refractivity contribution in [1.82, 2.24) is 4.90 Å². The number of non-ortho nitro benzene ring substituents is 1. The fourth-order valence-electron chi connectivity index (χ4n) is 3.04. The molecule has 1 aliphatic rings. The highest BCUT2D eigenvalue weighted by Crippen LogP contribution is 2.32. The molecule has 6 heteroatoms. The summed E-state index contributed by atoms with van der Waals surface area (Å²) < 4.78 is 0. The largest absolute Gasteiger partial charge is 0.387 e. The van der Waals surface area contributed by atoms with Crippen LogP contribution < -0.4 is 0 Å². The molecule has 1 aromatic rings. The lowest BCUT2D eigenvalue weighted by Gasteiger charge is -2.30. The summed E-state index contributed by atoms with van der Waals surface area (Å²) in [5.74, 6) is 0. The zero-order valence-electron chi connectivity index (χ0n) is 12.4. The predicted octanol–water partition coefficient (Wildman–Crippen LogP) is 2.84. The summed E-state index contributed by atoms with van der Waals surface area (Å²) in [6.07, 6.45) is 5.05. The van der Waals surface area contributed by atoms with Crippen molar-refractivity contribution in [2.75, 3.05) is 19.8 Å². The minimum absolute atomic E-state index is 0.0251. The number of hydrogen-bond acceptors (Lipinski definition) is 5. The van der Waals surface area contributed by atoms with Gasteiger partial charge in [0.05, 0.1) is 11.0 Å². The van der Waals surface area contributed by atoms with E-state index in [0.29, 0.717) is 23.4 Å². The number of benzene rings is 1. The molecule has 1 N–H and O–H groups in total. The molecule has 0 heterocycles. The molecule has 1 aliphatic carbocycles. The number of hydrogen-bond donors (Lipinski definition) is 1. The second-order valence-corrected chi connectivity index (χ2v) is 6.66. The van der Waals surface area contributed by atoms with Crippen LogP contribution in [-0.2, 0) is 0 Å². The van der Waals surface area contributed by atoms with Gasteiger partial charge in [0, 0.05) is 30.0 Å². The van der Waals surface area contributed by atoms with Crippen LogP contribution >= 0.6 is 11.8 Å². The van der Waals surface area contributed by atoms with Crippen LogP contribution in [0.25, 0.3) is 0 Å². The molecule has 0 bridgehead atoms. The highest BCUT2D eigenvalue weighted by Gasteiger charge is 2.30. The lowest BCUT2D eigenvalue weighted by Crippen LogP contribution is -2.38. The zero-order valence-corrected chi connectivity index (χ0v) is 13.3. The maximum atomic E-state index is 10.8. The van der Waals surface area contributed by atoms with Gasteiger partial charge < -0.3 is 5.11 Å². The molecule has 0 aromatic heterocycles. The number of aliphatic hydroxyl groups is 1. The highest BCUT2D eigenvalue weighted by molar-refractivity contribution is 7.99. The Kier molecular flexibility index (Phi) is 5.61. The number of thioether (sulfide) groups is 1. The molecule has 3 atom stereocenters. The van der Waals surface area contributed by atoms with E-state index in [1.54, 1.807) is 12.1 Å². The van der Waals surface area contributed by atoms with Crippen LogP contribution in [0.5, 0.6) is 0 Å². The molecule has 1 saturated carbocycles. The molecule has 0 radical (unpaired) electrons. The fourth-order valence-corrected chi connectivity index (χ4v) is 4.11. The Balaban J connectivity index is 2.02. The van der Waals surface area contributed by atoms with Crippen LogP contribution in [-0.4, -0.2) is 46.1 Å². The summed E-state index contributed by atoms with van der Waals surface area (Å²) >= 11 is 1.89. The van der Waals surface area contributed by atoms with Crippen LogP contribution in [0.1, 0.15) is 30.9 Å². The third-order valence-electron chi connectivity index (χ3n) is 4.21. The van der Waals surface area contributed by atoms with E-state index >= 15 is 0 Å². The van der Waals surface area contributed by atoms with Crippen LogP contribution in [0.4, 0.5) is 5.69 Å². The van der Waals surface area contributed by atoms with Crippen LogP contribution in [0.2, 0.25) is 0 Å². The number of nitrogens with zero attached hydrogens (tertiary/aromatic N) is 2. The third kappa shape index (κ3) is 3.96. The van der Waals surface area contributed by atoms with Crippen molar-refractivity contribution in [2.45, 2.75) is 36.7 Å². The minimum atomic E-state index is -0.696. The molecule has 116 valence electrons. The van der Waals surface area contributed by atoms with Gasteiger partial charge in [0.25, 0.3) is 5.69 Å². The normalized spacial score (nSPS) is 23.4. The first-order valence-corrected chi connectivity index (χ1v) is 8.47. The van der Waals surface area contributed by atoms with E-state index in [9.17, 15) is 15.2 Å². The number of rotatable bonds is 6. The van der Waals surface area contributed by atoms with E-state index in [1.807, 2.05) is 18.8 Å². The summed E-state index contributed by atoms with van der Waals surface area (Å²) in [6.45, 7) is 0.503. The molecule has 1 fully saturated rings. The Labute approximate surface area is 129 Å². The molecule has 0 unspecified atom stereocenters. The van der Waals surface area contributed by atoms with Gasteiger partial charge in [0.2, 0.25) is 0 Å². The van der Waals surface area contributed by atoms with E-state index in [-0.39, 0.29) is 5.69 Å². The molecular formula is C15H22N2O3S. The van der Waals surface area contributed by atoms with Gasteiger partial charge in [-0.05, 0) is 31.7 Å².